The topological polar surface area (TPSA) is 80.9 Å². The van der Waals surface area contributed by atoms with Crippen LogP contribution in [0, 0.1) is 12.7 Å². The first kappa shape index (κ1) is 18.8. The third kappa shape index (κ3) is 4.80. The lowest BCUT2D eigenvalue weighted by Crippen LogP contribution is -2.22. The van der Waals surface area contributed by atoms with Crippen LogP contribution in [0.4, 0.5) is 10.1 Å². The molecule has 2 aromatic heterocycles. The molecule has 1 amide bonds. The summed E-state index contributed by atoms with van der Waals surface area (Å²) in [4.78, 5) is 16.6. The maximum atomic E-state index is 13.2. The van der Waals surface area contributed by atoms with E-state index in [0.717, 1.165) is 22.5 Å². The number of carbonyl (C=O) groups excluding carboxylic acids is 1. The largest absolute Gasteiger partial charge is 0.416 e. The highest BCUT2D eigenvalue weighted by atomic mass is 35.5. The fourth-order valence-corrected chi connectivity index (χ4v) is 3.52. The molecule has 10 heteroatoms. The maximum Gasteiger partial charge on any atom is 0.277 e. The van der Waals surface area contributed by atoms with Crippen molar-refractivity contribution in [2.45, 2.75) is 30.7 Å². The summed E-state index contributed by atoms with van der Waals surface area (Å²) < 4.78 is 18.7. The molecule has 1 N–H and O–H groups in total. The van der Waals surface area contributed by atoms with Crippen molar-refractivity contribution in [3.05, 3.63) is 51.0 Å². The monoisotopic (exact) mass is 412 g/mol. The molecule has 1 atom stereocenters. The molecule has 2 heterocycles. The van der Waals surface area contributed by atoms with Crippen LogP contribution < -0.4 is 5.32 Å². The normalized spacial score (nSPS) is 12.2. The van der Waals surface area contributed by atoms with Crippen LogP contribution in [0.15, 0.2) is 33.2 Å². The number of hydrogen-bond acceptors (Lipinski definition) is 7. The Balaban J connectivity index is 1.57. The van der Waals surface area contributed by atoms with E-state index < -0.39 is 11.1 Å². The Hall–Kier alpha value is -1.97. The Labute approximate surface area is 162 Å². The van der Waals surface area contributed by atoms with Gasteiger partial charge in [0.25, 0.3) is 5.22 Å². The van der Waals surface area contributed by atoms with Gasteiger partial charge in [0.2, 0.25) is 11.8 Å². The van der Waals surface area contributed by atoms with Gasteiger partial charge < -0.3 is 9.73 Å². The Morgan fingerprint density at radius 2 is 2.27 bits per heavy atom. The minimum Gasteiger partial charge on any atom is -0.416 e. The van der Waals surface area contributed by atoms with E-state index >= 15 is 0 Å². The highest BCUT2D eigenvalue weighted by molar-refractivity contribution is 8.00. The molecule has 0 aliphatic rings. The Morgan fingerprint density at radius 3 is 2.96 bits per heavy atom. The highest BCUT2D eigenvalue weighted by Crippen LogP contribution is 2.25. The zero-order valence-corrected chi connectivity index (χ0v) is 16.2. The van der Waals surface area contributed by atoms with Crippen LogP contribution in [0.1, 0.15) is 23.5 Å². The van der Waals surface area contributed by atoms with Crippen molar-refractivity contribution in [2.24, 2.45) is 0 Å². The molecule has 0 bridgehead atoms. The van der Waals surface area contributed by atoms with E-state index in [1.165, 1.54) is 18.2 Å². The number of aryl methyl sites for hydroxylation is 1. The van der Waals surface area contributed by atoms with Crippen LogP contribution in [0.25, 0.3) is 0 Å². The summed E-state index contributed by atoms with van der Waals surface area (Å²) in [5.41, 5.74) is 1.28. The fraction of sp³-hybridized carbons (Fsp3) is 0.250. The quantitative estimate of drug-likeness (QED) is 0.606. The van der Waals surface area contributed by atoms with E-state index in [4.69, 9.17) is 16.0 Å². The molecule has 0 spiro atoms. The molecule has 3 rings (SSSR count). The van der Waals surface area contributed by atoms with E-state index in [0.29, 0.717) is 23.2 Å². The first-order valence-electron chi connectivity index (χ1n) is 7.56. The van der Waals surface area contributed by atoms with E-state index in [2.05, 4.69) is 20.5 Å². The van der Waals surface area contributed by atoms with Crippen LogP contribution in [0.2, 0.25) is 5.02 Å². The third-order valence-corrected chi connectivity index (χ3v) is 5.33. The van der Waals surface area contributed by atoms with Gasteiger partial charge in [0, 0.05) is 11.1 Å². The Bertz CT molecular complexity index is 931. The lowest BCUT2D eigenvalue weighted by atomic mass is 10.3. The van der Waals surface area contributed by atoms with E-state index in [1.54, 1.807) is 18.3 Å². The SMILES string of the molecule is Cc1nc(Cc2nnc(S[C@H](C)C(=O)Nc3ccc(F)c(Cl)c3)o2)cs1. The zero-order chi connectivity index (χ0) is 18.7. The van der Waals surface area contributed by atoms with Crippen molar-refractivity contribution in [1.29, 1.82) is 0 Å². The van der Waals surface area contributed by atoms with Crippen LogP contribution in [0.3, 0.4) is 0 Å². The molecule has 0 saturated carbocycles. The van der Waals surface area contributed by atoms with Gasteiger partial charge in [-0.25, -0.2) is 9.37 Å². The molecule has 0 saturated heterocycles. The number of nitrogens with zero attached hydrogens (tertiary/aromatic N) is 3. The summed E-state index contributed by atoms with van der Waals surface area (Å²) >= 11 is 8.40. The fourth-order valence-electron chi connectivity index (χ4n) is 2.02. The molecule has 1 aromatic carbocycles. The zero-order valence-electron chi connectivity index (χ0n) is 13.8. The number of halogens is 2. The first-order valence-corrected chi connectivity index (χ1v) is 9.70. The third-order valence-electron chi connectivity index (χ3n) is 3.28. The molecule has 0 aliphatic heterocycles. The average Bonchev–Trinajstić information content (AvgIpc) is 3.20. The standard InChI is InChI=1S/C16H14ClFN4O2S2/c1-8(15(23)20-10-3-4-13(18)12(17)5-10)26-16-22-21-14(24-16)6-11-7-25-9(2)19-11/h3-5,7-8H,6H2,1-2H3,(H,20,23)/t8-/m1/s1. The highest BCUT2D eigenvalue weighted by Gasteiger charge is 2.19. The minimum absolute atomic E-state index is 0.0538. The number of thiazole rings is 1. The predicted molar refractivity (Wildman–Crippen MR) is 99.3 cm³/mol. The van der Waals surface area contributed by atoms with Gasteiger partial charge in [-0.1, -0.05) is 23.4 Å². The molecule has 26 heavy (non-hydrogen) atoms. The maximum absolute atomic E-state index is 13.2. The average molecular weight is 413 g/mol. The van der Waals surface area contributed by atoms with E-state index in [1.807, 2.05) is 12.3 Å². The molecule has 6 nitrogen and oxygen atoms in total. The van der Waals surface area contributed by atoms with E-state index in [-0.39, 0.29) is 10.9 Å². The van der Waals surface area contributed by atoms with Crippen molar-refractivity contribution < 1.29 is 13.6 Å². The first-order chi connectivity index (χ1) is 12.4. The molecule has 0 radical (unpaired) electrons. The van der Waals surface area contributed by atoms with Crippen LogP contribution >= 0.6 is 34.7 Å². The van der Waals surface area contributed by atoms with Crippen LogP contribution in [-0.2, 0) is 11.2 Å². The van der Waals surface area contributed by atoms with Gasteiger partial charge in [0.05, 0.1) is 27.4 Å². The number of rotatable bonds is 6. The van der Waals surface area contributed by atoms with Gasteiger partial charge in [0.1, 0.15) is 5.82 Å². The molecule has 0 aliphatic carbocycles. The summed E-state index contributed by atoms with van der Waals surface area (Å²) in [5.74, 6) is -0.385. The van der Waals surface area contributed by atoms with Gasteiger partial charge in [-0.2, -0.15) is 0 Å². The number of hydrogen-bond donors (Lipinski definition) is 1. The number of thioether (sulfide) groups is 1. The van der Waals surface area contributed by atoms with Crippen molar-refractivity contribution >= 4 is 46.3 Å². The number of benzene rings is 1. The Morgan fingerprint density at radius 1 is 1.46 bits per heavy atom. The van der Waals surface area contributed by atoms with Crippen LogP contribution in [-0.4, -0.2) is 26.3 Å². The van der Waals surface area contributed by atoms with Crippen molar-refractivity contribution in [3.63, 3.8) is 0 Å². The van der Waals surface area contributed by atoms with Crippen molar-refractivity contribution in [2.75, 3.05) is 5.32 Å². The lowest BCUT2D eigenvalue weighted by molar-refractivity contribution is -0.115. The number of carbonyl (C=O) groups is 1. The smallest absolute Gasteiger partial charge is 0.277 e. The molecule has 0 unspecified atom stereocenters. The number of nitrogens with one attached hydrogen (secondary N) is 1. The van der Waals surface area contributed by atoms with E-state index in [9.17, 15) is 9.18 Å². The van der Waals surface area contributed by atoms with Gasteiger partial charge in [-0.05, 0) is 32.0 Å². The number of aromatic nitrogens is 3. The second kappa shape index (κ2) is 8.15. The lowest BCUT2D eigenvalue weighted by Gasteiger charge is -2.10. The second-order valence-corrected chi connectivity index (χ2v) is 8.14. The number of amides is 1. The van der Waals surface area contributed by atoms with Crippen molar-refractivity contribution in [1.82, 2.24) is 15.2 Å². The predicted octanol–water partition coefficient (Wildman–Crippen LogP) is 4.34. The van der Waals surface area contributed by atoms with Gasteiger partial charge >= 0.3 is 0 Å². The summed E-state index contributed by atoms with van der Waals surface area (Å²) in [6.45, 7) is 3.64. The molecule has 136 valence electrons. The molecular formula is C16H14ClFN4O2S2. The summed E-state index contributed by atoms with van der Waals surface area (Å²) in [6.07, 6.45) is 0.451. The van der Waals surface area contributed by atoms with Gasteiger partial charge in [-0.15, -0.1) is 21.5 Å². The Kier molecular flexibility index (Phi) is 5.90. The molecule has 0 fully saturated rings. The van der Waals surface area contributed by atoms with Crippen LogP contribution in [0.5, 0.6) is 0 Å². The molecule has 3 aromatic rings. The van der Waals surface area contributed by atoms with Gasteiger partial charge in [0.15, 0.2) is 0 Å². The number of anilines is 1. The molecular weight excluding hydrogens is 399 g/mol. The minimum atomic E-state index is -0.541. The summed E-state index contributed by atoms with van der Waals surface area (Å²) in [7, 11) is 0. The van der Waals surface area contributed by atoms with Crippen molar-refractivity contribution in [3.8, 4) is 0 Å². The van der Waals surface area contributed by atoms with Gasteiger partial charge in [-0.3, -0.25) is 4.79 Å². The summed E-state index contributed by atoms with van der Waals surface area (Å²) in [5, 5.41) is 13.3. The summed E-state index contributed by atoms with van der Waals surface area (Å²) in [6, 6.07) is 3.99. The second-order valence-electron chi connectivity index (χ2n) is 5.37.